The van der Waals surface area contributed by atoms with Crippen LogP contribution in [0.15, 0.2) is 4.52 Å². The summed E-state index contributed by atoms with van der Waals surface area (Å²) >= 11 is 0. The van der Waals surface area contributed by atoms with Gasteiger partial charge in [-0.1, -0.05) is 5.16 Å². The number of hydrogen-bond donors (Lipinski definition) is 1. The molecule has 0 saturated carbocycles. The Hall–Kier alpha value is -0.950. The Labute approximate surface area is 81.4 Å². The summed E-state index contributed by atoms with van der Waals surface area (Å²) in [6.45, 7) is 1.64. The molecular formula is C7H11N3O3S. The van der Waals surface area contributed by atoms with Crippen molar-refractivity contribution in [2.24, 2.45) is 5.73 Å². The Morgan fingerprint density at radius 1 is 1.57 bits per heavy atom. The monoisotopic (exact) mass is 217 g/mol. The molecule has 1 fully saturated rings. The number of aromatic nitrogens is 2. The second-order valence-corrected chi connectivity index (χ2v) is 5.82. The molecule has 6 nitrogen and oxygen atoms in total. The van der Waals surface area contributed by atoms with Gasteiger partial charge in [0.25, 0.3) is 0 Å². The van der Waals surface area contributed by atoms with E-state index in [4.69, 9.17) is 10.3 Å². The van der Waals surface area contributed by atoms with E-state index in [0.29, 0.717) is 12.3 Å². The average molecular weight is 217 g/mol. The van der Waals surface area contributed by atoms with Crippen molar-refractivity contribution < 1.29 is 12.9 Å². The smallest absolute Gasteiger partial charge is 0.223 e. The maximum absolute atomic E-state index is 11.3. The Morgan fingerprint density at radius 2 is 2.29 bits per heavy atom. The van der Waals surface area contributed by atoms with E-state index in [-0.39, 0.29) is 17.3 Å². The van der Waals surface area contributed by atoms with Gasteiger partial charge in [0.05, 0.1) is 17.0 Å². The third kappa shape index (κ3) is 1.53. The number of sulfone groups is 1. The average Bonchev–Trinajstić information content (AvgIpc) is 2.57. The summed E-state index contributed by atoms with van der Waals surface area (Å²) in [7, 11) is -3.04. The van der Waals surface area contributed by atoms with E-state index in [0.717, 1.165) is 0 Å². The molecule has 1 aliphatic heterocycles. The van der Waals surface area contributed by atoms with E-state index in [1.165, 1.54) is 0 Å². The second-order valence-electron chi connectivity index (χ2n) is 3.64. The lowest BCUT2D eigenvalue weighted by Crippen LogP contribution is -2.39. The molecule has 1 aromatic heterocycles. The number of nitrogens with two attached hydrogens (primary N) is 1. The molecule has 0 amide bonds. The van der Waals surface area contributed by atoms with Crippen molar-refractivity contribution in [1.29, 1.82) is 0 Å². The first-order valence-electron chi connectivity index (χ1n) is 4.21. The van der Waals surface area contributed by atoms with Gasteiger partial charge in [-0.25, -0.2) is 8.42 Å². The van der Waals surface area contributed by atoms with Crippen molar-refractivity contribution >= 4 is 9.84 Å². The molecule has 0 aromatic carbocycles. The highest BCUT2D eigenvalue weighted by atomic mass is 32.2. The summed E-state index contributed by atoms with van der Waals surface area (Å²) in [4.78, 5) is 3.96. The van der Waals surface area contributed by atoms with E-state index in [1.807, 2.05) is 0 Å². The number of rotatable bonds is 1. The highest BCUT2D eigenvalue weighted by molar-refractivity contribution is 7.91. The van der Waals surface area contributed by atoms with Gasteiger partial charge in [-0.3, -0.25) is 0 Å². The van der Waals surface area contributed by atoms with E-state index in [2.05, 4.69) is 10.1 Å². The lowest BCUT2D eigenvalue weighted by Gasteiger charge is -2.15. The van der Waals surface area contributed by atoms with Gasteiger partial charge in [-0.05, 0) is 6.42 Å². The van der Waals surface area contributed by atoms with Crippen LogP contribution >= 0.6 is 0 Å². The van der Waals surface area contributed by atoms with Crippen molar-refractivity contribution in [3.05, 3.63) is 11.7 Å². The molecular weight excluding hydrogens is 206 g/mol. The summed E-state index contributed by atoms with van der Waals surface area (Å²) in [5.74, 6) is 0.681. The van der Waals surface area contributed by atoms with Crippen LogP contribution in [0, 0.1) is 6.92 Å². The molecule has 1 saturated heterocycles. The molecule has 1 aliphatic rings. The normalized spacial score (nSPS) is 30.7. The van der Waals surface area contributed by atoms with Crippen LogP contribution in [-0.2, 0) is 15.4 Å². The molecule has 0 spiro atoms. The Bertz CT molecular complexity index is 453. The molecule has 78 valence electrons. The summed E-state index contributed by atoms with van der Waals surface area (Å²) in [5, 5.41) is 3.66. The van der Waals surface area contributed by atoms with E-state index in [1.54, 1.807) is 6.92 Å². The van der Waals surface area contributed by atoms with Crippen LogP contribution < -0.4 is 5.73 Å². The lowest BCUT2D eigenvalue weighted by molar-refractivity contribution is 0.366. The molecule has 2 rings (SSSR count). The Kier molecular flexibility index (Phi) is 1.90. The lowest BCUT2D eigenvalue weighted by atomic mass is 10.0. The van der Waals surface area contributed by atoms with Crippen molar-refractivity contribution in [2.45, 2.75) is 18.9 Å². The van der Waals surface area contributed by atoms with Crippen molar-refractivity contribution in [3.8, 4) is 0 Å². The molecule has 1 unspecified atom stereocenters. The van der Waals surface area contributed by atoms with Gasteiger partial charge in [-0.2, -0.15) is 4.98 Å². The third-order valence-electron chi connectivity index (χ3n) is 2.31. The molecule has 0 bridgehead atoms. The zero-order chi connectivity index (χ0) is 10.4. The van der Waals surface area contributed by atoms with Crippen LogP contribution in [0.2, 0.25) is 0 Å². The maximum atomic E-state index is 11.3. The Morgan fingerprint density at radius 3 is 2.71 bits per heavy atom. The Balaban J connectivity index is 2.36. The quantitative estimate of drug-likeness (QED) is 0.671. The van der Waals surface area contributed by atoms with Crippen LogP contribution in [0.25, 0.3) is 0 Å². The summed E-state index contributed by atoms with van der Waals surface area (Å²) in [6, 6.07) is 0. The maximum Gasteiger partial charge on any atom is 0.223 e. The van der Waals surface area contributed by atoms with Crippen molar-refractivity contribution in [2.75, 3.05) is 11.5 Å². The minimum atomic E-state index is -3.04. The fourth-order valence-electron chi connectivity index (χ4n) is 1.55. The second kappa shape index (κ2) is 2.77. The predicted octanol–water partition coefficient (Wildman–Crippen LogP) is -0.649. The third-order valence-corrected chi connectivity index (χ3v) is 4.09. The molecule has 0 aliphatic carbocycles. The van der Waals surface area contributed by atoms with E-state index < -0.39 is 15.4 Å². The van der Waals surface area contributed by atoms with Gasteiger partial charge in [0.2, 0.25) is 5.89 Å². The van der Waals surface area contributed by atoms with E-state index >= 15 is 0 Å². The molecule has 0 radical (unpaired) electrons. The first kappa shape index (κ1) is 9.60. The fourth-order valence-corrected chi connectivity index (χ4v) is 3.43. The van der Waals surface area contributed by atoms with Crippen molar-refractivity contribution in [3.63, 3.8) is 0 Å². The van der Waals surface area contributed by atoms with Crippen LogP contribution in [-0.4, -0.2) is 30.1 Å². The summed E-state index contributed by atoms with van der Waals surface area (Å²) in [5.41, 5.74) is 4.94. The van der Waals surface area contributed by atoms with Crippen LogP contribution in [0.3, 0.4) is 0 Å². The van der Waals surface area contributed by atoms with Gasteiger partial charge >= 0.3 is 0 Å². The van der Waals surface area contributed by atoms with E-state index in [9.17, 15) is 8.42 Å². The largest absolute Gasteiger partial charge is 0.340 e. The standard InChI is InChI=1S/C7H11N3O3S/c1-5-9-6(10-13-5)7(8)2-3-14(11,12)4-7/h2-4,8H2,1H3. The zero-order valence-electron chi connectivity index (χ0n) is 7.73. The van der Waals surface area contributed by atoms with Gasteiger partial charge in [0.15, 0.2) is 15.7 Å². The zero-order valence-corrected chi connectivity index (χ0v) is 8.54. The van der Waals surface area contributed by atoms with Gasteiger partial charge < -0.3 is 10.3 Å². The van der Waals surface area contributed by atoms with Crippen LogP contribution in [0.1, 0.15) is 18.1 Å². The molecule has 1 aromatic rings. The summed E-state index contributed by atoms with van der Waals surface area (Å²) < 4.78 is 27.3. The minimum Gasteiger partial charge on any atom is -0.340 e. The number of nitrogens with zero attached hydrogens (tertiary/aromatic N) is 2. The molecule has 1 atom stereocenters. The van der Waals surface area contributed by atoms with Crippen LogP contribution in [0.4, 0.5) is 0 Å². The number of hydrogen-bond acceptors (Lipinski definition) is 6. The fraction of sp³-hybridized carbons (Fsp3) is 0.714. The number of aryl methyl sites for hydroxylation is 1. The SMILES string of the molecule is Cc1nc(C2(N)CCS(=O)(=O)C2)no1. The van der Waals surface area contributed by atoms with Crippen LogP contribution in [0.5, 0.6) is 0 Å². The van der Waals surface area contributed by atoms with Gasteiger partial charge in [0, 0.05) is 6.92 Å². The molecule has 2 heterocycles. The molecule has 2 N–H and O–H groups in total. The first-order valence-corrected chi connectivity index (χ1v) is 6.04. The predicted molar refractivity (Wildman–Crippen MR) is 48.2 cm³/mol. The molecule has 14 heavy (non-hydrogen) atoms. The topological polar surface area (TPSA) is 99.1 Å². The summed E-state index contributed by atoms with van der Waals surface area (Å²) in [6.07, 6.45) is 0.355. The minimum absolute atomic E-state index is 0.0943. The highest BCUT2D eigenvalue weighted by Gasteiger charge is 2.43. The van der Waals surface area contributed by atoms with Gasteiger partial charge in [-0.15, -0.1) is 0 Å². The first-order chi connectivity index (χ1) is 6.41. The van der Waals surface area contributed by atoms with Gasteiger partial charge in [0.1, 0.15) is 0 Å². The molecule has 7 heteroatoms. The van der Waals surface area contributed by atoms with Crippen molar-refractivity contribution in [1.82, 2.24) is 10.1 Å². The highest BCUT2D eigenvalue weighted by Crippen LogP contribution is 2.28.